The molecule has 2 amide bonds. The minimum absolute atomic E-state index is 0.0854. The minimum atomic E-state index is -1.08. The average molecular weight is 390 g/mol. The van der Waals surface area contributed by atoms with Crippen LogP contribution in [0.25, 0.3) is 0 Å². The molecule has 28 heavy (non-hydrogen) atoms. The summed E-state index contributed by atoms with van der Waals surface area (Å²) in [6.45, 7) is 3.76. The van der Waals surface area contributed by atoms with Gasteiger partial charge in [0.05, 0.1) is 12.5 Å². The van der Waals surface area contributed by atoms with Gasteiger partial charge in [0.25, 0.3) is 5.91 Å². The van der Waals surface area contributed by atoms with Gasteiger partial charge in [-0.3, -0.25) is 14.4 Å². The van der Waals surface area contributed by atoms with Crippen LogP contribution in [-0.4, -0.2) is 41.6 Å². The first-order valence-corrected chi connectivity index (χ1v) is 9.91. The van der Waals surface area contributed by atoms with Gasteiger partial charge in [-0.25, -0.2) is 0 Å². The topological polar surface area (TPSA) is 105 Å². The van der Waals surface area contributed by atoms with E-state index in [1.54, 1.807) is 24.3 Å². The van der Waals surface area contributed by atoms with Crippen LogP contribution in [0.3, 0.4) is 0 Å². The van der Waals surface area contributed by atoms with Crippen LogP contribution in [0.2, 0.25) is 0 Å². The molecule has 3 unspecified atom stereocenters. The normalized spacial score (nSPS) is 20.2. The zero-order valence-corrected chi connectivity index (χ0v) is 16.6. The van der Waals surface area contributed by atoms with Crippen molar-refractivity contribution in [2.75, 3.05) is 11.9 Å². The molecule has 1 aliphatic carbocycles. The van der Waals surface area contributed by atoms with Crippen LogP contribution >= 0.6 is 0 Å². The van der Waals surface area contributed by atoms with Crippen molar-refractivity contribution in [3.05, 3.63) is 29.8 Å². The second-order valence-corrected chi connectivity index (χ2v) is 7.46. The highest BCUT2D eigenvalue weighted by Gasteiger charge is 2.25. The number of aliphatic carboxylic acids is 1. The summed E-state index contributed by atoms with van der Waals surface area (Å²) in [5.41, 5.74) is 1.37. The molecule has 1 aromatic carbocycles. The molecule has 3 atom stereocenters. The Morgan fingerprint density at radius 1 is 1.21 bits per heavy atom. The molecule has 0 aliphatic heterocycles. The lowest BCUT2D eigenvalue weighted by Crippen LogP contribution is -2.35. The summed E-state index contributed by atoms with van der Waals surface area (Å²) in [5.74, 6) is -0.964. The van der Waals surface area contributed by atoms with E-state index in [2.05, 4.69) is 17.6 Å². The van der Waals surface area contributed by atoms with Crippen LogP contribution in [0.1, 0.15) is 51.5 Å². The van der Waals surface area contributed by atoms with Crippen molar-refractivity contribution in [3.63, 3.8) is 0 Å². The molecule has 3 N–H and O–H groups in total. The Morgan fingerprint density at radius 3 is 2.54 bits per heavy atom. The number of carbonyl (C=O) groups is 3. The molecule has 0 radical (unpaired) electrons. The Morgan fingerprint density at radius 2 is 1.93 bits per heavy atom. The fourth-order valence-electron chi connectivity index (χ4n) is 3.43. The van der Waals surface area contributed by atoms with Crippen molar-refractivity contribution < 1.29 is 24.2 Å². The molecule has 0 spiro atoms. The Bertz CT molecular complexity index is 674. The lowest BCUT2D eigenvalue weighted by molar-refractivity contribution is -0.137. The number of carboxylic acid groups (broad SMARTS) is 1. The van der Waals surface area contributed by atoms with Crippen molar-refractivity contribution in [2.45, 2.75) is 64.6 Å². The molecule has 0 bridgehead atoms. The quantitative estimate of drug-likeness (QED) is 0.601. The van der Waals surface area contributed by atoms with Gasteiger partial charge in [0.2, 0.25) is 5.91 Å². The Labute approximate surface area is 165 Å². The number of benzene rings is 1. The number of hydrogen-bond donors (Lipinski definition) is 3. The highest BCUT2D eigenvalue weighted by molar-refractivity contribution is 5.94. The van der Waals surface area contributed by atoms with Gasteiger partial charge in [-0.15, -0.1) is 0 Å². The third-order valence-electron chi connectivity index (χ3n) is 4.93. The number of carboxylic acids is 1. The number of rotatable bonds is 9. The summed E-state index contributed by atoms with van der Waals surface area (Å²) in [4.78, 5) is 34.7. The Balaban J connectivity index is 1.84. The van der Waals surface area contributed by atoms with Gasteiger partial charge in [0.1, 0.15) is 12.6 Å². The van der Waals surface area contributed by atoms with E-state index >= 15 is 0 Å². The highest BCUT2D eigenvalue weighted by atomic mass is 16.5. The standard InChI is InChI=1S/C21H30N2O5/c1-3-18(28-17-6-4-5-14(2)11-17)21(27)23-16-9-7-15(8-10-16)12-19(24)22-13-20(25)26/h7-10,14,17-18H,3-6,11-13H2,1-2H3,(H,22,24)(H,23,27)(H,25,26). The largest absolute Gasteiger partial charge is 0.480 e. The van der Waals surface area contributed by atoms with Crippen molar-refractivity contribution in [1.82, 2.24) is 5.32 Å². The maximum absolute atomic E-state index is 12.6. The van der Waals surface area contributed by atoms with Crippen LogP contribution in [0.15, 0.2) is 24.3 Å². The molecule has 2 rings (SSSR count). The number of nitrogens with one attached hydrogen (secondary N) is 2. The molecule has 0 heterocycles. The molecule has 0 aromatic heterocycles. The fourth-order valence-corrected chi connectivity index (χ4v) is 3.43. The molecule has 7 nitrogen and oxygen atoms in total. The molecule has 1 fully saturated rings. The highest BCUT2D eigenvalue weighted by Crippen LogP contribution is 2.27. The minimum Gasteiger partial charge on any atom is -0.480 e. The van der Waals surface area contributed by atoms with Crippen molar-refractivity contribution in [1.29, 1.82) is 0 Å². The van der Waals surface area contributed by atoms with Crippen LogP contribution in [-0.2, 0) is 25.5 Å². The van der Waals surface area contributed by atoms with Gasteiger partial charge in [-0.2, -0.15) is 0 Å². The molecule has 154 valence electrons. The van der Waals surface area contributed by atoms with Crippen molar-refractivity contribution >= 4 is 23.5 Å². The summed E-state index contributed by atoms with van der Waals surface area (Å²) >= 11 is 0. The van der Waals surface area contributed by atoms with Gasteiger partial charge in [-0.05, 0) is 42.9 Å². The number of anilines is 1. The first kappa shape index (κ1) is 21.9. The number of carbonyl (C=O) groups excluding carboxylic acids is 2. The molecule has 1 aromatic rings. The van der Waals surface area contributed by atoms with Gasteiger partial charge in [0.15, 0.2) is 0 Å². The predicted octanol–water partition coefficient (Wildman–Crippen LogP) is 2.74. The third kappa shape index (κ3) is 7.31. The van der Waals surface area contributed by atoms with E-state index in [0.717, 1.165) is 24.8 Å². The van der Waals surface area contributed by atoms with Gasteiger partial charge < -0.3 is 20.5 Å². The van der Waals surface area contributed by atoms with Crippen LogP contribution in [0.5, 0.6) is 0 Å². The number of hydrogen-bond acceptors (Lipinski definition) is 4. The van der Waals surface area contributed by atoms with Crippen LogP contribution < -0.4 is 10.6 Å². The summed E-state index contributed by atoms with van der Waals surface area (Å²) < 4.78 is 6.05. The first-order valence-electron chi connectivity index (χ1n) is 9.91. The molecule has 0 saturated heterocycles. The summed E-state index contributed by atoms with van der Waals surface area (Å²) in [7, 11) is 0. The summed E-state index contributed by atoms with van der Waals surface area (Å²) in [6.07, 6.45) is 4.74. The first-order chi connectivity index (χ1) is 13.4. The lowest BCUT2D eigenvalue weighted by atomic mass is 9.88. The zero-order chi connectivity index (χ0) is 20.5. The average Bonchev–Trinajstić information content (AvgIpc) is 2.66. The molecule has 1 aliphatic rings. The van der Waals surface area contributed by atoms with E-state index in [0.29, 0.717) is 18.0 Å². The smallest absolute Gasteiger partial charge is 0.322 e. The van der Waals surface area contributed by atoms with Gasteiger partial charge in [-0.1, -0.05) is 38.8 Å². The van der Waals surface area contributed by atoms with Gasteiger partial charge >= 0.3 is 5.97 Å². The molecule has 7 heteroatoms. The second-order valence-electron chi connectivity index (χ2n) is 7.46. The monoisotopic (exact) mass is 390 g/mol. The maximum Gasteiger partial charge on any atom is 0.322 e. The Kier molecular flexibility index (Phi) is 8.44. The third-order valence-corrected chi connectivity index (χ3v) is 4.93. The van der Waals surface area contributed by atoms with E-state index in [9.17, 15) is 14.4 Å². The van der Waals surface area contributed by atoms with E-state index in [1.165, 1.54) is 6.42 Å². The number of amides is 2. The van der Waals surface area contributed by atoms with Crippen molar-refractivity contribution in [2.24, 2.45) is 5.92 Å². The van der Waals surface area contributed by atoms with Crippen molar-refractivity contribution in [3.8, 4) is 0 Å². The molecule has 1 saturated carbocycles. The second kappa shape index (κ2) is 10.8. The lowest BCUT2D eigenvalue weighted by Gasteiger charge is -2.29. The fraction of sp³-hybridized carbons (Fsp3) is 0.571. The van der Waals surface area contributed by atoms with E-state index in [4.69, 9.17) is 9.84 Å². The Hall–Kier alpha value is -2.41. The molecular formula is C21H30N2O5. The zero-order valence-electron chi connectivity index (χ0n) is 16.6. The summed E-state index contributed by atoms with van der Waals surface area (Å²) in [5, 5.41) is 13.8. The van der Waals surface area contributed by atoms with E-state index in [1.807, 2.05) is 6.92 Å². The SMILES string of the molecule is CCC(OC1CCCC(C)C1)C(=O)Nc1ccc(CC(=O)NCC(=O)O)cc1. The van der Waals surface area contributed by atoms with E-state index in [-0.39, 0.29) is 24.3 Å². The molecular weight excluding hydrogens is 360 g/mol. The predicted molar refractivity (Wildman–Crippen MR) is 106 cm³/mol. The van der Waals surface area contributed by atoms with Crippen LogP contribution in [0.4, 0.5) is 5.69 Å². The summed E-state index contributed by atoms with van der Waals surface area (Å²) in [6, 6.07) is 6.93. The number of ether oxygens (including phenoxy) is 1. The van der Waals surface area contributed by atoms with Crippen LogP contribution in [0, 0.1) is 5.92 Å². The van der Waals surface area contributed by atoms with Gasteiger partial charge in [0, 0.05) is 5.69 Å². The van der Waals surface area contributed by atoms with E-state index < -0.39 is 18.6 Å². The maximum atomic E-state index is 12.6.